The molecule has 1 unspecified atom stereocenters. The van der Waals surface area contributed by atoms with Crippen LogP contribution in [0.3, 0.4) is 0 Å². The van der Waals surface area contributed by atoms with Crippen LogP contribution in [0.2, 0.25) is 0 Å². The van der Waals surface area contributed by atoms with E-state index >= 15 is 0 Å². The molecule has 10 heteroatoms. The van der Waals surface area contributed by atoms with E-state index in [0.29, 0.717) is 21.9 Å². The van der Waals surface area contributed by atoms with Gasteiger partial charge >= 0.3 is 6.01 Å². The number of ether oxygens (including phenoxy) is 1. The van der Waals surface area contributed by atoms with E-state index in [1.165, 1.54) is 11.3 Å². The van der Waals surface area contributed by atoms with Crippen LogP contribution in [0.5, 0.6) is 5.19 Å². The smallest absolute Gasteiger partial charge is 0.324 e. The molecule has 1 aliphatic heterocycles. The van der Waals surface area contributed by atoms with Crippen LogP contribution in [0.4, 0.5) is 6.01 Å². The van der Waals surface area contributed by atoms with Crippen molar-refractivity contribution < 1.29 is 9.26 Å². The van der Waals surface area contributed by atoms with E-state index in [1.54, 1.807) is 16.4 Å². The molecule has 1 aliphatic rings. The Balaban J connectivity index is 1.55. The van der Waals surface area contributed by atoms with Gasteiger partial charge in [-0.1, -0.05) is 19.0 Å². The first-order chi connectivity index (χ1) is 12.9. The summed E-state index contributed by atoms with van der Waals surface area (Å²) in [5.74, 6) is 1.47. The molecule has 0 bridgehead atoms. The maximum Gasteiger partial charge on any atom is 0.324 e. The van der Waals surface area contributed by atoms with E-state index < -0.39 is 0 Å². The molecule has 8 nitrogen and oxygen atoms in total. The van der Waals surface area contributed by atoms with Crippen LogP contribution in [-0.4, -0.2) is 45.4 Å². The fraction of sp³-hybridized carbons (Fsp3) is 0.765. The topological polar surface area (TPSA) is 93.1 Å². The molecule has 0 radical (unpaired) electrons. The molecule has 0 spiro atoms. The fourth-order valence-corrected chi connectivity index (χ4v) is 4.29. The molecule has 3 heterocycles. The number of hydrogen-bond donors (Lipinski definition) is 1. The minimum atomic E-state index is 0.0599. The SMILES string of the molecule is CSC(C)n1nc(O[C@H](C)C2CCN(c3nc(C(C)C)no3)CC2)sc1=N. The Morgan fingerprint density at radius 2 is 1.96 bits per heavy atom. The summed E-state index contributed by atoms with van der Waals surface area (Å²) in [4.78, 5) is 7.07. The molecule has 3 rings (SSSR count). The van der Waals surface area contributed by atoms with E-state index in [9.17, 15) is 0 Å². The minimum Gasteiger partial charge on any atom is -0.466 e. The van der Waals surface area contributed by atoms with Gasteiger partial charge in [-0.3, -0.25) is 5.41 Å². The summed E-state index contributed by atoms with van der Waals surface area (Å²) in [7, 11) is 0. The number of rotatable bonds is 7. The fourth-order valence-electron chi connectivity index (χ4n) is 3.08. The zero-order valence-corrected chi connectivity index (χ0v) is 18.1. The molecule has 1 fully saturated rings. The molecular formula is C17H28N6O2S2. The van der Waals surface area contributed by atoms with Crippen molar-refractivity contribution in [2.24, 2.45) is 5.92 Å². The summed E-state index contributed by atoms with van der Waals surface area (Å²) in [6.45, 7) is 10.0. The lowest BCUT2D eigenvalue weighted by Gasteiger charge is -2.33. The van der Waals surface area contributed by atoms with Gasteiger partial charge in [0.25, 0.3) is 5.19 Å². The van der Waals surface area contributed by atoms with E-state index in [0.717, 1.165) is 31.8 Å². The highest BCUT2D eigenvalue weighted by Gasteiger charge is 2.28. The number of anilines is 1. The highest BCUT2D eigenvalue weighted by atomic mass is 32.2. The summed E-state index contributed by atoms with van der Waals surface area (Å²) in [5.41, 5.74) is 0. The number of hydrogen-bond acceptors (Lipinski definition) is 9. The normalized spacial score (nSPS) is 18.1. The molecule has 1 N–H and O–H groups in total. The van der Waals surface area contributed by atoms with Gasteiger partial charge in [-0.05, 0) is 50.2 Å². The summed E-state index contributed by atoms with van der Waals surface area (Å²) >= 11 is 2.95. The van der Waals surface area contributed by atoms with Crippen LogP contribution < -0.4 is 14.4 Å². The molecule has 1 saturated heterocycles. The Kier molecular flexibility index (Phi) is 6.46. The zero-order chi connectivity index (χ0) is 19.6. The molecule has 0 aliphatic carbocycles. The standard InChI is InChI=1S/C17H28N6O2S2/c1-10(2)14-19-16(25-21-14)22-8-6-13(7-9-22)11(3)24-17-20-23(12(4)26-5)15(18)27-17/h10-13,18H,6-9H2,1-5H3/t11-,12?/m1/s1. The molecule has 0 aromatic carbocycles. The number of nitrogens with one attached hydrogen (secondary N) is 1. The van der Waals surface area contributed by atoms with Crippen molar-refractivity contribution in [2.45, 2.75) is 57.9 Å². The second-order valence-corrected chi connectivity index (χ2v) is 9.28. The second-order valence-electron chi connectivity index (χ2n) is 7.19. The number of nitrogens with zero attached hydrogens (tertiary/aromatic N) is 5. The van der Waals surface area contributed by atoms with Crippen LogP contribution in [-0.2, 0) is 0 Å². The second kappa shape index (κ2) is 8.64. The number of aromatic nitrogens is 4. The Bertz CT molecular complexity index is 793. The minimum absolute atomic E-state index is 0.0599. The lowest BCUT2D eigenvalue weighted by Crippen LogP contribution is -2.38. The molecule has 150 valence electrons. The summed E-state index contributed by atoms with van der Waals surface area (Å²) in [6, 6.07) is 0.622. The van der Waals surface area contributed by atoms with E-state index in [-0.39, 0.29) is 17.4 Å². The Morgan fingerprint density at radius 1 is 1.26 bits per heavy atom. The first-order valence-corrected chi connectivity index (χ1v) is 11.4. The van der Waals surface area contributed by atoms with E-state index in [1.807, 2.05) is 13.2 Å². The van der Waals surface area contributed by atoms with E-state index in [4.69, 9.17) is 14.7 Å². The zero-order valence-electron chi connectivity index (χ0n) is 16.5. The predicted octanol–water partition coefficient (Wildman–Crippen LogP) is 3.50. The van der Waals surface area contributed by atoms with Gasteiger partial charge in [-0.25, -0.2) is 4.68 Å². The van der Waals surface area contributed by atoms with Crippen LogP contribution in [0.1, 0.15) is 57.7 Å². The van der Waals surface area contributed by atoms with Crippen molar-refractivity contribution in [3.8, 4) is 5.19 Å². The molecule has 27 heavy (non-hydrogen) atoms. The molecule has 2 aromatic heterocycles. The van der Waals surface area contributed by atoms with Gasteiger partial charge < -0.3 is 14.2 Å². The maximum atomic E-state index is 8.06. The van der Waals surface area contributed by atoms with Crippen LogP contribution in [0.15, 0.2) is 4.52 Å². The number of piperidine rings is 1. The highest BCUT2D eigenvalue weighted by Crippen LogP contribution is 2.28. The first-order valence-electron chi connectivity index (χ1n) is 9.31. The first kappa shape index (κ1) is 20.2. The molecule has 2 aromatic rings. The van der Waals surface area contributed by atoms with E-state index in [2.05, 4.69) is 40.9 Å². The van der Waals surface area contributed by atoms with Gasteiger partial charge in [0.15, 0.2) is 5.82 Å². The third-order valence-electron chi connectivity index (χ3n) is 4.98. The lowest BCUT2D eigenvalue weighted by atomic mass is 9.92. The van der Waals surface area contributed by atoms with Gasteiger partial charge in [0.1, 0.15) is 6.10 Å². The number of thioether (sulfide) groups is 1. The van der Waals surface area contributed by atoms with Gasteiger partial charge in [0, 0.05) is 19.0 Å². The van der Waals surface area contributed by atoms with Crippen LogP contribution in [0.25, 0.3) is 0 Å². The average Bonchev–Trinajstić information content (AvgIpc) is 3.28. The van der Waals surface area contributed by atoms with Gasteiger partial charge in [0.2, 0.25) is 4.80 Å². The van der Waals surface area contributed by atoms with Crippen LogP contribution >= 0.6 is 23.1 Å². The maximum absolute atomic E-state index is 8.06. The predicted molar refractivity (Wildman–Crippen MR) is 108 cm³/mol. The molecule has 0 saturated carbocycles. The van der Waals surface area contributed by atoms with Gasteiger partial charge in [-0.2, -0.15) is 4.98 Å². The lowest BCUT2D eigenvalue weighted by molar-refractivity contribution is 0.129. The van der Waals surface area contributed by atoms with Gasteiger partial charge in [0.05, 0.1) is 5.37 Å². The van der Waals surface area contributed by atoms with Crippen molar-refractivity contribution in [2.75, 3.05) is 24.2 Å². The third-order valence-corrected chi connectivity index (χ3v) is 6.59. The molecule has 2 atom stereocenters. The van der Waals surface area contributed by atoms with Crippen molar-refractivity contribution in [1.82, 2.24) is 19.9 Å². The molecular weight excluding hydrogens is 384 g/mol. The Labute approximate surface area is 167 Å². The van der Waals surface area contributed by atoms with Gasteiger partial charge in [-0.15, -0.1) is 16.9 Å². The summed E-state index contributed by atoms with van der Waals surface area (Å²) < 4.78 is 13.2. The largest absolute Gasteiger partial charge is 0.466 e. The Hall–Kier alpha value is -1.55. The quantitative estimate of drug-likeness (QED) is 0.744. The molecule has 0 amide bonds. The summed E-state index contributed by atoms with van der Waals surface area (Å²) in [5, 5.41) is 17.3. The highest BCUT2D eigenvalue weighted by molar-refractivity contribution is 7.98. The third kappa shape index (κ3) is 4.66. The van der Waals surface area contributed by atoms with Crippen LogP contribution in [0, 0.1) is 11.3 Å². The van der Waals surface area contributed by atoms with Crippen molar-refractivity contribution in [1.29, 1.82) is 5.41 Å². The Morgan fingerprint density at radius 3 is 2.56 bits per heavy atom. The van der Waals surface area contributed by atoms with Crippen molar-refractivity contribution in [3.63, 3.8) is 0 Å². The van der Waals surface area contributed by atoms with Crippen molar-refractivity contribution >= 4 is 29.1 Å². The van der Waals surface area contributed by atoms with Crippen molar-refractivity contribution in [3.05, 3.63) is 10.6 Å². The monoisotopic (exact) mass is 412 g/mol. The average molecular weight is 413 g/mol. The summed E-state index contributed by atoms with van der Waals surface area (Å²) in [6.07, 6.45) is 4.08.